The van der Waals surface area contributed by atoms with E-state index in [1.807, 2.05) is 91.6 Å². The first-order valence-corrected chi connectivity index (χ1v) is 21.5. The number of ether oxygens (including phenoxy) is 1. The number of aromatic nitrogens is 2. The maximum absolute atomic E-state index is 9.51. The number of pyridine rings is 1. The second-order valence-electron chi connectivity index (χ2n) is 18.2. The van der Waals surface area contributed by atoms with E-state index in [1.165, 1.54) is 11.1 Å². The minimum absolute atomic E-state index is 0. The summed E-state index contributed by atoms with van der Waals surface area (Å²) < 4.78 is 129. The molecule has 5 nitrogen and oxygen atoms in total. The standard InChI is InChI=1S/C60H55N4O.Pt/c1-40(2)30-44-32-58(61-38-53(44)42-20-13-10-14-21-42)64-54-29-26-43(41-18-11-9-12-19-41)31-52(54)51-28-27-50(37-57(51)64)65-49-23-17-22-47(36-49)62-39-63(56-25-16-15-24-55(56)62)48-34-45(59(3,4)5)33-46(35-48)60(6,7)8;/h9-29,31-35,38-40H,30H2,1-8H3;/q-3;/i1D3,2D3,10D,13D,14D,20D,21D,30D2,40D;. The molecule has 0 unspecified atom stereocenters. The summed E-state index contributed by atoms with van der Waals surface area (Å²) in [6, 6.07) is 43.4. The van der Waals surface area contributed by atoms with Crippen LogP contribution in [0.2, 0.25) is 0 Å². The van der Waals surface area contributed by atoms with E-state index < -0.39 is 72.9 Å². The SMILES string of the molecule is [2H]c1c([2H])c([2H])c(-c2cnc(-n3c4[c-]c(Oc5[c-]c(N6[CH-]N(c7cc(C(C)(C)C)cc(C(C)(C)C)c7)c7ccccc76)ccc5)ccc4c4cc(-c5ccccc5)ccc43)cc2C([2H])([2H])C([2H])(C([2H])([2H])[2H])C([2H])([2H])[2H])c([2H])c1[2H].[Pt]. The number of benzene rings is 7. The van der Waals surface area contributed by atoms with E-state index in [0.717, 1.165) is 40.5 Å². The number of fused-ring (bicyclic) bond motifs is 4. The summed E-state index contributed by atoms with van der Waals surface area (Å²) in [6.45, 7) is 7.73. The molecule has 0 spiro atoms. The Morgan fingerprint density at radius 3 is 2.11 bits per heavy atom. The summed E-state index contributed by atoms with van der Waals surface area (Å²) in [5.41, 5.74) is 6.61. The van der Waals surface area contributed by atoms with E-state index in [-0.39, 0.29) is 43.5 Å². The average Bonchev–Trinajstić information content (AvgIpc) is 3.66. The Labute approximate surface area is 424 Å². The zero-order valence-corrected chi connectivity index (χ0v) is 39.6. The van der Waals surface area contributed by atoms with Crippen LogP contribution < -0.4 is 14.5 Å². The fourth-order valence-electron chi connectivity index (χ4n) is 8.30. The van der Waals surface area contributed by atoms with Crippen LogP contribution in [-0.2, 0) is 38.3 Å². The first kappa shape index (κ1) is 30.7. The molecule has 1 aliphatic rings. The van der Waals surface area contributed by atoms with Crippen molar-refractivity contribution < 1.29 is 45.0 Å². The number of nitrogens with zero attached hydrogens (tertiary/aromatic N) is 4. The number of para-hydroxylation sites is 2. The van der Waals surface area contributed by atoms with Gasteiger partial charge < -0.3 is 19.1 Å². The fraction of sp³-hybridized carbons (Fsp3) is 0.200. The van der Waals surface area contributed by atoms with Crippen molar-refractivity contribution in [1.82, 2.24) is 9.55 Å². The van der Waals surface area contributed by atoms with Crippen molar-refractivity contribution >= 4 is 44.6 Å². The van der Waals surface area contributed by atoms with Crippen molar-refractivity contribution in [1.29, 1.82) is 0 Å². The Balaban J connectivity index is 0.00000774. The van der Waals surface area contributed by atoms with Crippen LogP contribution in [0.4, 0.5) is 22.7 Å². The average molecular weight is 1060 g/mol. The van der Waals surface area contributed by atoms with Crippen molar-refractivity contribution in [3.05, 3.63) is 199 Å². The minimum Gasteiger partial charge on any atom is -0.509 e. The van der Waals surface area contributed by atoms with E-state index >= 15 is 0 Å². The van der Waals surface area contributed by atoms with Crippen molar-refractivity contribution in [2.75, 3.05) is 9.80 Å². The van der Waals surface area contributed by atoms with Gasteiger partial charge in [-0.1, -0.05) is 152 Å². The summed E-state index contributed by atoms with van der Waals surface area (Å²) in [5, 5.41) is 1.32. The normalized spacial score (nSPS) is 16.6. The van der Waals surface area contributed by atoms with Crippen LogP contribution in [0, 0.1) is 24.7 Å². The van der Waals surface area contributed by atoms with Crippen LogP contribution >= 0.6 is 0 Å². The molecule has 1 aliphatic heterocycles. The van der Waals surface area contributed by atoms with Gasteiger partial charge in [-0.05, 0) is 98.3 Å². The first-order chi connectivity index (χ1) is 36.9. The predicted octanol–water partition coefficient (Wildman–Crippen LogP) is 16.1. The molecule has 7 aromatic carbocycles. The topological polar surface area (TPSA) is 33.5 Å². The number of rotatable bonds is 9. The Hall–Kier alpha value is -6.42. The third kappa shape index (κ3) is 8.70. The van der Waals surface area contributed by atoms with E-state index in [9.17, 15) is 2.74 Å². The van der Waals surface area contributed by atoms with Gasteiger partial charge in [-0.2, -0.15) is 12.1 Å². The third-order valence-corrected chi connectivity index (χ3v) is 11.7. The van der Waals surface area contributed by atoms with Crippen LogP contribution in [0.15, 0.2) is 164 Å². The van der Waals surface area contributed by atoms with E-state index in [0.29, 0.717) is 33.2 Å². The third-order valence-electron chi connectivity index (χ3n) is 11.7. The first-order valence-electron chi connectivity index (χ1n) is 28.5. The maximum Gasteiger partial charge on any atom is 0.135 e. The van der Waals surface area contributed by atoms with Gasteiger partial charge in [0.2, 0.25) is 0 Å². The van der Waals surface area contributed by atoms with Gasteiger partial charge in [0.1, 0.15) is 5.82 Å². The van der Waals surface area contributed by atoms with Gasteiger partial charge in [0.05, 0.1) is 6.85 Å². The second kappa shape index (κ2) is 17.8. The minimum atomic E-state index is -3.86. The molecule has 0 N–H and O–H groups in total. The van der Waals surface area contributed by atoms with Crippen LogP contribution in [0.5, 0.6) is 11.5 Å². The molecule has 0 bridgehead atoms. The predicted molar refractivity (Wildman–Crippen MR) is 271 cm³/mol. The largest absolute Gasteiger partial charge is 0.509 e. The second-order valence-corrected chi connectivity index (χ2v) is 18.2. The zero-order valence-electron chi connectivity index (χ0n) is 51.3. The summed E-state index contributed by atoms with van der Waals surface area (Å²) in [6.07, 6.45) is -2.63. The van der Waals surface area contributed by atoms with E-state index in [2.05, 4.69) is 87.7 Å². The van der Waals surface area contributed by atoms with Gasteiger partial charge in [-0.3, -0.25) is 0 Å². The fourth-order valence-corrected chi connectivity index (χ4v) is 8.30. The van der Waals surface area contributed by atoms with Crippen LogP contribution in [0.3, 0.4) is 0 Å². The number of hydrogen-bond donors (Lipinski definition) is 0. The molecule has 6 heteroatoms. The van der Waals surface area contributed by atoms with Gasteiger partial charge in [0, 0.05) is 79.2 Å². The summed E-state index contributed by atoms with van der Waals surface area (Å²) in [4.78, 5) is 8.95. The van der Waals surface area contributed by atoms with Gasteiger partial charge in [0.15, 0.2) is 0 Å². The Bertz CT molecular complexity index is 3810. The summed E-state index contributed by atoms with van der Waals surface area (Å²) in [7, 11) is 0. The molecule has 0 fully saturated rings. The Morgan fingerprint density at radius 1 is 0.697 bits per heavy atom. The molecule has 3 heterocycles. The van der Waals surface area contributed by atoms with Gasteiger partial charge >= 0.3 is 0 Å². The molecule has 0 aliphatic carbocycles. The van der Waals surface area contributed by atoms with Crippen molar-refractivity contribution in [3.8, 4) is 39.6 Å². The molecule has 0 atom stereocenters. The molecule has 0 saturated heterocycles. The van der Waals surface area contributed by atoms with Crippen molar-refractivity contribution in [2.24, 2.45) is 5.89 Å². The molecule has 0 radical (unpaired) electrons. The summed E-state index contributed by atoms with van der Waals surface area (Å²) >= 11 is 0. The molecule has 0 amide bonds. The molecule has 2 aromatic heterocycles. The van der Waals surface area contributed by atoms with Crippen LogP contribution in [0.1, 0.15) is 91.1 Å². The van der Waals surface area contributed by atoms with Gasteiger partial charge in [-0.15, -0.1) is 48.1 Å². The van der Waals surface area contributed by atoms with E-state index in [1.54, 1.807) is 16.7 Å². The van der Waals surface area contributed by atoms with Gasteiger partial charge in [-0.25, -0.2) is 4.98 Å². The quantitative estimate of drug-likeness (QED) is 0.135. The number of hydrogen-bond acceptors (Lipinski definition) is 4. The summed E-state index contributed by atoms with van der Waals surface area (Å²) in [5.74, 6) is -3.39. The monoisotopic (exact) mass is 1060 g/mol. The number of anilines is 4. The van der Waals surface area contributed by atoms with Crippen LogP contribution in [0.25, 0.3) is 49.9 Å². The molecule has 9 aromatic rings. The smallest absolute Gasteiger partial charge is 0.135 e. The van der Waals surface area contributed by atoms with Crippen LogP contribution in [-0.4, -0.2) is 9.55 Å². The Kier molecular flexibility index (Phi) is 8.26. The molecule has 66 heavy (non-hydrogen) atoms. The Morgan fingerprint density at radius 2 is 1.39 bits per heavy atom. The molecular formula is C60H55N4OPt-3. The van der Waals surface area contributed by atoms with E-state index in [4.69, 9.17) is 26.2 Å². The van der Waals surface area contributed by atoms with Crippen molar-refractivity contribution in [2.45, 2.75) is 72.4 Å². The zero-order chi connectivity index (χ0) is 57.1. The molecular weight excluding hydrogens is 988 g/mol. The molecule has 334 valence electrons. The molecule has 10 rings (SSSR count). The van der Waals surface area contributed by atoms with Gasteiger partial charge in [0.25, 0.3) is 0 Å². The maximum atomic E-state index is 9.51. The van der Waals surface area contributed by atoms with Crippen molar-refractivity contribution in [3.63, 3.8) is 0 Å². The molecule has 0 saturated carbocycles.